The molecular formula is C6H8IN. The van der Waals surface area contributed by atoms with Gasteiger partial charge in [-0.1, -0.05) is 18.2 Å². The molecule has 0 spiro atoms. The van der Waals surface area contributed by atoms with E-state index in [0.717, 1.165) is 0 Å². The molecule has 1 nitrogen and oxygen atoms in total. The standard InChI is InChI=1S/C6H5I.H3N/c7-6-4-2-1-3-5-6;/h1-5H;1H3. The number of hydrogen-bond acceptors (Lipinski definition) is 1. The van der Waals surface area contributed by atoms with Gasteiger partial charge < -0.3 is 6.15 Å². The molecule has 8 heavy (non-hydrogen) atoms. The van der Waals surface area contributed by atoms with E-state index in [1.165, 1.54) is 3.57 Å². The Balaban J connectivity index is 0.000000490. The van der Waals surface area contributed by atoms with Crippen molar-refractivity contribution in [3.63, 3.8) is 0 Å². The maximum absolute atomic E-state index is 2.28. The summed E-state index contributed by atoms with van der Waals surface area (Å²) in [5.74, 6) is 0. The molecule has 0 saturated carbocycles. The van der Waals surface area contributed by atoms with Crippen LogP contribution in [0.25, 0.3) is 0 Å². The monoisotopic (exact) mass is 221 g/mol. The van der Waals surface area contributed by atoms with Crippen LogP contribution >= 0.6 is 22.6 Å². The Morgan fingerprint density at radius 2 is 1.50 bits per heavy atom. The second-order valence-corrected chi connectivity index (χ2v) is 2.54. The van der Waals surface area contributed by atoms with E-state index in [-0.39, 0.29) is 6.15 Å². The summed E-state index contributed by atoms with van der Waals surface area (Å²) in [7, 11) is 0. The lowest BCUT2D eigenvalue weighted by Crippen LogP contribution is -1.61. The summed E-state index contributed by atoms with van der Waals surface area (Å²) in [6.45, 7) is 0. The fourth-order valence-electron chi connectivity index (χ4n) is 0.415. The number of rotatable bonds is 0. The van der Waals surface area contributed by atoms with Crippen molar-refractivity contribution in [3.8, 4) is 0 Å². The normalized spacial score (nSPS) is 7.62. The third kappa shape index (κ3) is 2.28. The summed E-state index contributed by atoms with van der Waals surface area (Å²) in [4.78, 5) is 0. The van der Waals surface area contributed by atoms with E-state index in [4.69, 9.17) is 0 Å². The van der Waals surface area contributed by atoms with Crippen molar-refractivity contribution in [3.05, 3.63) is 33.9 Å². The molecule has 0 bridgehead atoms. The van der Waals surface area contributed by atoms with Gasteiger partial charge in [-0.2, -0.15) is 0 Å². The predicted octanol–water partition coefficient (Wildman–Crippen LogP) is 2.45. The zero-order valence-electron chi connectivity index (χ0n) is 4.47. The molecule has 0 saturated heterocycles. The average molecular weight is 221 g/mol. The Hall–Kier alpha value is -0.0900. The SMILES string of the molecule is Ic1ccccc1.N. The van der Waals surface area contributed by atoms with Gasteiger partial charge in [-0.15, -0.1) is 0 Å². The van der Waals surface area contributed by atoms with E-state index in [0.29, 0.717) is 0 Å². The van der Waals surface area contributed by atoms with Crippen LogP contribution in [0.4, 0.5) is 0 Å². The largest absolute Gasteiger partial charge is 0.344 e. The minimum atomic E-state index is 0. The van der Waals surface area contributed by atoms with Crippen molar-refractivity contribution in [2.24, 2.45) is 0 Å². The van der Waals surface area contributed by atoms with Crippen molar-refractivity contribution in [1.82, 2.24) is 6.15 Å². The maximum atomic E-state index is 2.28. The molecule has 0 amide bonds. The van der Waals surface area contributed by atoms with E-state index in [9.17, 15) is 0 Å². The summed E-state index contributed by atoms with van der Waals surface area (Å²) < 4.78 is 1.29. The first kappa shape index (κ1) is 7.91. The lowest BCUT2D eigenvalue weighted by atomic mass is 10.4. The molecule has 3 N–H and O–H groups in total. The van der Waals surface area contributed by atoms with Crippen molar-refractivity contribution in [2.45, 2.75) is 0 Å². The molecule has 1 rings (SSSR count). The Kier molecular flexibility index (Phi) is 3.81. The van der Waals surface area contributed by atoms with Gasteiger partial charge in [-0.05, 0) is 34.7 Å². The fourth-order valence-corrected chi connectivity index (χ4v) is 0.830. The van der Waals surface area contributed by atoms with Gasteiger partial charge in [0.1, 0.15) is 0 Å². The lowest BCUT2D eigenvalue weighted by Gasteiger charge is -1.80. The van der Waals surface area contributed by atoms with Crippen LogP contribution in [-0.4, -0.2) is 0 Å². The zero-order valence-corrected chi connectivity index (χ0v) is 6.63. The maximum Gasteiger partial charge on any atom is 0.0130 e. The van der Waals surface area contributed by atoms with E-state index in [2.05, 4.69) is 34.7 Å². The molecular weight excluding hydrogens is 213 g/mol. The molecule has 44 valence electrons. The highest BCUT2D eigenvalue weighted by molar-refractivity contribution is 14.1. The Labute approximate surface area is 62.8 Å². The molecule has 2 heteroatoms. The molecule has 0 fully saturated rings. The molecule has 0 aliphatic rings. The van der Waals surface area contributed by atoms with Crippen LogP contribution < -0.4 is 6.15 Å². The first-order valence-corrected chi connectivity index (χ1v) is 3.18. The van der Waals surface area contributed by atoms with Crippen LogP contribution in [0.5, 0.6) is 0 Å². The molecule has 1 aromatic rings. The summed E-state index contributed by atoms with van der Waals surface area (Å²) in [5, 5.41) is 0. The topological polar surface area (TPSA) is 35.0 Å². The van der Waals surface area contributed by atoms with Gasteiger partial charge >= 0.3 is 0 Å². The van der Waals surface area contributed by atoms with Gasteiger partial charge in [0.15, 0.2) is 0 Å². The molecule has 1 aromatic carbocycles. The van der Waals surface area contributed by atoms with Crippen molar-refractivity contribution in [1.29, 1.82) is 0 Å². The molecule has 0 aromatic heterocycles. The van der Waals surface area contributed by atoms with Gasteiger partial charge in [0.05, 0.1) is 0 Å². The van der Waals surface area contributed by atoms with Gasteiger partial charge in [0.2, 0.25) is 0 Å². The highest BCUT2D eigenvalue weighted by Crippen LogP contribution is 1.99. The Morgan fingerprint density at radius 3 is 1.75 bits per heavy atom. The smallest absolute Gasteiger partial charge is 0.0130 e. The number of hydrogen-bond donors (Lipinski definition) is 1. The average Bonchev–Trinajstić information content (AvgIpc) is 1.69. The molecule has 0 heterocycles. The lowest BCUT2D eigenvalue weighted by molar-refractivity contribution is 1.65. The van der Waals surface area contributed by atoms with E-state index < -0.39 is 0 Å². The van der Waals surface area contributed by atoms with Crippen LogP contribution in [0.2, 0.25) is 0 Å². The summed E-state index contributed by atoms with van der Waals surface area (Å²) >= 11 is 2.28. The fraction of sp³-hybridized carbons (Fsp3) is 0. The third-order valence-corrected chi connectivity index (χ3v) is 1.45. The molecule has 0 aliphatic carbocycles. The van der Waals surface area contributed by atoms with Crippen LogP contribution in [0, 0.1) is 3.57 Å². The quantitative estimate of drug-likeness (QED) is 0.671. The second-order valence-electron chi connectivity index (χ2n) is 1.30. The van der Waals surface area contributed by atoms with Crippen molar-refractivity contribution >= 4 is 22.6 Å². The minimum Gasteiger partial charge on any atom is -0.344 e. The van der Waals surface area contributed by atoms with Crippen LogP contribution in [-0.2, 0) is 0 Å². The Morgan fingerprint density at radius 1 is 1.00 bits per heavy atom. The highest BCUT2D eigenvalue weighted by atomic mass is 127. The third-order valence-electron chi connectivity index (χ3n) is 0.733. The zero-order chi connectivity index (χ0) is 5.11. The second kappa shape index (κ2) is 3.86. The summed E-state index contributed by atoms with van der Waals surface area (Å²) in [5.41, 5.74) is 0. The van der Waals surface area contributed by atoms with Gasteiger partial charge in [-0.25, -0.2) is 0 Å². The van der Waals surface area contributed by atoms with Crippen molar-refractivity contribution in [2.75, 3.05) is 0 Å². The molecule has 0 unspecified atom stereocenters. The number of halogens is 1. The van der Waals surface area contributed by atoms with Gasteiger partial charge in [0.25, 0.3) is 0 Å². The first-order chi connectivity index (χ1) is 3.39. The molecule has 0 radical (unpaired) electrons. The van der Waals surface area contributed by atoms with Gasteiger partial charge in [-0.3, -0.25) is 0 Å². The minimum absolute atomic E-state index is 0. The summed E-state index contributed by atoms with van der Waals surface area (Å²) in [6.07, 6.45) is 0. The van der Waals surface area contributed by atoms with Crippen molar-refractivity contribution < 1.29 is 0 Å². The first-order valence-electron chi connectivity index (χ1n) is 2.10. The number of benzene rings is 1. The van der Waals surface area contributed by atoms with E-state index in [1.54, 1.807) is 0 Å². The van der Waals surface area contributed by atoms with Crippen LogP contribution in [0.15, 0.2) is 30.3 Å². The van der Waals surface area contributed by atoms with E-state index >= 15 is 0 Å². The van der Waals surface area contributed by atoms with Crippen LogP contribution in [0.1, 0.15) is 0 Å². The van der Waals surface area contributed by atoms with E-state index in [1.807, 2.05) is 18.2 Å². The highest BCUT2D eigenvalue weighted by Gasteiger charge is 1.74. The van der Waals surface area contributed by atoms with Crippen LogP contribution in [0.3, 0.4) is 0 Å². The Bertz CT molecular complexity index is 138. The predicted molar refractivity (Wildman–Crippen MR) is 44.2 cm³/mol. The summed E-state index contributed by atoms with van der Waals surface area (Å²) in [6, 6.07) is 10.2. The van der Waals surface area contributed by atoms with Gasteiger partial charge in [0, 0.05) is 3.57 Å². The molecule has 0 atom stereocenters. The molecule has 0 aliphatic heterocycles.